The van der Waals surface area contributed by atoms with Gasteiger partial charge >= 0.3 is 0 Å². The van der Waals surface area contributed by atoms with E-state index >= 15 is 0 Å². The van der Waals surface area contributed by atoms with Crippen LogP contribution in [0, 0.1) is 12.3 Å². The Morgan fingerprint density at radius 3 is 2.64 bits per heavy atom. The molecule has 0 spiro atoms. The molecular weight excluding hydrogens is 393 g/mol. The number of aliphatic imine (C=N–C) groups is 1. The number of hydrogen-bond donors (Lipinski definition) is 2. The third-order valence-corrected chi connectivity index (χ3v) is 2.65. The minimum atomic E-state index is 0. The molecule has 0 radical (unpaired) electrons. The first-order chi connectivity index (χ1) is 10.1. The van der Waals surface area contributed by atoms with Crippen LogP contribution in [0.2, 0.25) is 0 Å². The molecule has 6 heteroatoms. The molecule has 1 aromatic rings. The van der Waals surface area contributed by atoms with Crippen molar-refractivity contribution in [1.82, 2.24) is 10.6 Å². The van der Waals surface area contributed by atoms with Gasteiger partial charge in [0.05, 0.1) is 7.11 Å². The summed E-state index contributed by atoms with van der Waals surface area (Å²) in [5.41, 5.74) is 1.05. The summed E-state index contributed by atoms with van der Waals surface area (Å²) in [5.74, 6) is 4.51. The zero-order chi connectivity index (χ0) is 15.7. The van der Waals surface area contributed by atoms with E-state index < -0.39 is 0 Å². The molecule has 0 heterocycles. The van der Waals surface area contributed by atoms with E-state index in [-0.39, 0.29) is 30.6 Å². The van der Waals surface area contributed by atoms with Crippen molar-refractivity contribution in [3.05, 3.63) is 23.8 Å². The van der Waals surface area contributed by atoms with Crippen molar-refractivity contribution in [2.45, 2.75) is 26.4 Å². The molecule has 0 aliphatic rings. The van der Waals surface area contributed by atoms with Crippen LogP contribution in [0.15, 0.2) is 23.2 Å². The number of hydrogen-bond acceptors (Lipinski definition) is 3. The molecule has 0 unspecified atom stereocenters. The van der Waals surface area contributed by atoms with Gasteiger partial charge < -0.3 is 20.1 Å². The van der Waals surface area contributed by atoms with Gasteiger partial charge in [0.1, 0.15) is 6.61 Å². The number of ether oxygens (including phenoxy) is 2. The fraction of sp³-hybridized carbons (Fsp3) is 0.438. The van der Waals surface area contributed by atoms with Crippen molar-refractivity contribution in [1.29, 1.82) is 0 Å². The minimum Gasteiger partial charge on any atom is -0.493 e. The van der Waals surface area contributed by atoms with Crippen LogP contribution >= 0.6 is 24.0 Å². The van der Waals surface area contributed by atoms with Crippen molar-refractivity contribution in [3.63, 3.8) is 0 Å². The molecule has 0 bridgehead atoms. The summed E-state index contributed by atoms with van der Waals surface area (Å²) >= 11 is 0. The molecule has 122 valence electrons. The van der Waals surface area contributed by atoms with Gasteiger partial charge in [0.25, 0.3) is 0 Å². The second-order valence-corrected chi connectivity index (χ2v) is 4.70. The first kappa shape index (κ1) is 20.4. The molecule has 22 heavy (non-hydrogen) atoms. The molecule has 1 aromatic carbocycles. The zero-order valence-electron chi connectivity index (χ0n) is 13.5. The number of terminal acetylenes is 1. The maximum atomic E-state index is 5.48. The Labute approximate surface area is 149 Å². The molecule has 2 N–H and O–H groups in total. The van der Waals surface area contributed by atoms with Crippen molar-refractivity contribution < 1.29 is 9.47 Å². The molecular formula is C16H24IN3O2. The van der Waals surface area contributed by atoms with Gasteiger partial charge in [-0.05, 0) is 31.5 Å². The van der Waals surface area contributed by atoms with Gasteiger partial charge in [-0.25, -0.2) is 0 Å². The Balaban J connectivity index is 0.00000441. The highest BCUT2D eigenvalue weighted by Crippen LogP contribution is 2.27. The summed E-state index contributed by atoms with van der Waals surface area (Å²) in [5, 5.41) is 6.47. The smallest absolute Gasteiger partial charge is 0.191 e. The fourth-order valence-corrected chi connectivity index (χ4v) is 1.72. The molecule has 0 aliphatic heterocycles. The van der Waals surface area contributed by atoms with Crippen LogP contribution in [0.25, 0.3) is 0 Å². The fourth-order valence-electron chi connectivity index (χ4n) is 1.72. The predicted octanol–water partition coefficient (Wildman–Crippen LogP) is 2.40. The van der Waals surface area contributed by atoms with E-state index in [0.29, 0.717) is 24.1 Å². The average Bonchev–Trinajstić information content (AvgIpc) is 2.48. The Bertz CT molecular complexity index is 525. The third kappa shape index (κ3) is 6.89. The Morgan fingerprint density at radius 1 is 1.36 bits per heavy atom. The topological polar surface area (TPSA) is 54.9 Å². The van der Waals surface area contributed by atoms with E-state index in [0.717, 1.165) is 11.5 Å². The zero-order valence-corrected chi connectivity index (χ0v) is 15.8. The van der Waals surface area contributed by atoms with Crippen LogP contribution in [0.1, 0.15) is 19.4 Å². The van der Waals surface area contributed by atoms with Crippen molar-refractivity contribution >= 4 is 29.9 Å². The molecule has 0 saturated heterocycles. The first-order valence-corrected chi connectivity index (χ1v) is 6.81. The second-order valence-electron chi connectivity index (χ2n) is 4.70. The van der Waals surface area contributed by atoms with Gasteiger partial charge in [0.15, 0.2) is 17.5 Å². The largest absolute Gasteiger partial charge is 0.493 e. The van der Waals surface area contributed by atoms with Crippen LogP contribution in [0.5, 0.6) is 11.5 Å². The van der Waals surface area contributed by atoms with Crippen molar-refractivity contribution in [2.75, 3.05) is 20.8 Å². The number of nitrogens with one attached hydrogen (secondary N) is 2. The number of rotatable bonds is 6. The highest BCUT2D eigenvalue weighted by Gasteiger charge is 2.06. The van der Waals surface area contributed by atoms with Crippen molar-refractivity contribution in [3.8, 4) is 23.8 Å². The molecule has 0 fully saturated rings. The first-order valence-electron chi connectivity index (χ1n) is 6.81. The van der Waals surface area contributed by atoms with E-state index in [9.17, 15) is 0 Å². The SMILES string of the molecule is C#CCOc1cc(CNC(=NC)NC(C)C)ccc1OC.I. The average molecular weight is 417 g/mol. The van der Waals surface area contributed by atoms with Crippen LogP contribution < -0.4 is 20.1 Å². The Hall–Kier alpha value is -1.62. The lowest BCUT2D eigenvalue weighted by Gasteiger charge is -2.15. The summed E-state index contributed by atoms with van der Waals surface area (Å²) in [4.78, 5) is 4.16. The quantitative estimate of drug-likeness (QED) is 0.323. The third-order valence-electron chi connectivity index (χ3n) is 2.65. The van der Waals surface area contributed by atoms with Crippen molar-refractivity contribution in [2.24, 2.45) is 4.99 Å². The van der Waals surface area contributed by atoms with E-state index in [1.807, 2.05) is 18.2 Å². The van der Waals surface area contributed by atoms with E-state index in [1.165, 1.54) is 0 Å². The van der Waals surface area contributed by atoms with Crippen LogP contribution in [0.4, 0.5) is 0 Å². The molecule has 5 nitrogen and oxygen atoms in total. The van der Waals surface area contributed by atoms with Gasteiger partial charge in [0, 0.05) is 19.6 Å². The summed E-state index contributed by atoms with van der Waals surface area (Å²) < 4.78 is 10.7. The number of benzene rings is 1. The normalized spacial score (nSPS) is 10.5. The standard InChI is InChI=1S/C16H23N3O2.HI/c1-6-9-21-15-10-13(7-8-14(15)20-5)11-18-16(17-4)19-12(2)3;/h1,7-8,10,12H,9,11H2,2-5H3,(H2,17,18,19);1H. The molecule has 0 saturated carbocycles. The number of guanidine groups is 1. The maximum absolute atomic E-state index is 5.48. The summed E-state index contributed by atoms with van der Waals surface area (Å²) in [6, 6.07) is 6.06. The molecule has 1 rings (SSSR count). The van der Waals surface area contributed by atoms with E-state index in [2.05, 4.69) is 35.4 Å². The monoisotopic (exact) mass is 417 g/mol. The Morgan fingerprint density at radius 2 is 2.09 bits per heavy atom. The number of nitrogens with zero attached hydrogens (tertiary/aromatic N) is 1. The highest BCUT2D eigenvalue weighted by molar-refractivity contribution is 14.0. The lowest BCUT2D eigenvalue weighted by Crippen LogP contribution is -2.40. The molecule has 0 aromatic heterocycles. The Kier molecular flexibility index (Phi) is 10.2. The maximum Gasteiger partial charge on any atom is 0.191 e. The van der Waals surface area contributed by atoms with Gasteiger partial charge in [0.2, 0.25) is 0 Å². The summed E-state index contributed by atoms with van der Waals surface area (Å²) in [6.45, 7) is 4.96. The second kappa shape index (κ2) is 11.0. The van der Waals surface area contributed by atoms with Crippen LogP contribution in [-0.4, -0.2) is 32.8 Å². The van der Waals surface area contributed by atoms with Gasteiger partial charge in [-0.15, -0.1) is 30.4 Å². The molecule has 0 atom stereocenters. The number of halogens is 1. The molecule has 0 amide bonds. The predicted molar refractivity (Wildman–Crippen MR) is 101 cm³/mol. The highest BCUT2D eigenvalue weighted by atomic mass is 127. The lowest BCUT2D eigenvalue weighted by molar-refractivity contribution is 0.330. The van der Waals surface area contributed by atoms with Gasteiger partial charge in [-0.3, -0.25) is 4.99 Å². The van der Waals surface area contributed by atoms with Crippen LogP contribution in [0.3, 0.4) is 0 Å². The summed E-state index contributed by atoms with van der Waals surface area (Å²) in [6.07, 6.45) is 5.22. The number of methoxy groups -OCH3 is 1. The van der Waals surface area contributed by atoms with E-state index in [1.54, 1.807) is 14.2 Å². The minimum absolute atomic E-state index is 0. The molecule has 0 aliphatic carbocycles. The van der Waals surface area contributed by atoms with Crippen LogP contribution in [-0.2, 0) is 6.54 Å². The van der Waals surface area contributed by atoms with Gasteiger partial charge in [-0.2, -0.15) is 0 Å². The van der Waals surface area contributed by atoms with Gasteiger partial charge in [-0.1, -0.05) is 12.0 Å². The lowest BCUT2D eigenvalue weighted by atomic mass is 10.2. The summed E-state index contributed by atoms with van der Waals surface area (Å²) in [7, 11) is 3.34. The van der Waals surface area contributed by atoms with E-state index in [4.69, 9.17) is 15.9 Å².